The number of amides is 2. The summed E-state index contributed by atoms with van der Waals surface area (Å²) in [5.41, 5.74) is 2.61. The van der Waals surface area contributed by atoms with Crippen molar-refractivity contribution in [1.82, 2.24) is 15.1 Å². The summed E-state index contributed by atoms with van der Waals surface area (Å²) in [5.74, 6) is 0.801. The number of anilines is 1. The van der Waals surface area contributed by atoms with E-state index in [-0.39, 0.29) is 17.7 Å². The van der Waals surface area contributed by atoms with Crippen LogP contribution in [-0.2, 0) is 9.59 Å². The number of carbonyl (C=O) groups excluding carboxylic acids is 2. The van der Waals surface area contributed by atoms with Crippen LogP contribution in [0.15, 0.2) is 54.6 Å². The average molecular weight is 493 g/mol. The molecule has 2 aliphatic rings. The number of piperidine rings is 1. The molecule has 0 radical (unpaired) electrons. The zero-order valence-electron chi connectivity index (χ0n) is 21.5. The molecule has 0 aromatic heterocycles. The Morgan fingerprint density at radius 1 is 1.00 bits per heavy atom. The van der Waals surface area contributed by atoms with Crippen LogP contribution in [0.1, 0.15) is 31.2 Å². The minimum atomic E-state index is -0.115. The zero-order chi connectivity index (χ0) is 25.2. The summed E-state index contributed by atoms with van der Waals surface area (Å²) in [6.07, 6.45) is 2.99. The molecule has 1 atom stereocenters. The summed E-state index contributed by atoms with van der Waals surface area (Å²) in [4.78, 5) is 32.1. The van der Waals surface area contributed by atoms with Crippen molar-refractivity contribution in [2.75, 3.05) is 63.9 Å². The van der Waals surface area contributed by atoms with E-state index >= 15 is 0 Å². The third-order valence-electron chi connectivity index (χ3n) is 7.16. The largest absolute Gasteiger partial charge is 0.493 e. The lowest BCUT2D eigenvalue weighted by atomic mass is 9.97. The molecule has 2 fully saturated rings. The molecule has 7 nitrogen and oxygen atoms in total. The lowest BCUT2D eigenvalue weighted by Gasteiger charge is -2.36. The summed E-state index contributed by atoms with van der Waals surface area (Å²) in [6, 6.07) is 18.2. The van der Waals surface area contributed by atoms with E-state index in [0.717, 1.165) is 64.3 Å². The van der Waals surface area contributed by atoms with Gasteiger partial charge in [-0.1, -0.05) is 30.3 Å². The van der Waals surface area contributed by atoms with Crippen molar-refractivity contribution in [3.05, 3.63) is 60.2 Å². The van der Waals surface area contributed by atoms with Crippen molar-refractivity contribution < 1.29 is 14.3 Å². The molecule has 194 valence electrons. The van der Waals surface area contributed by atoms with Gasteiger partial charge < -0.3 is 19.9 Å². The van der Waals surface area contributed by atoms with E-state index in [1.165, 1.54) is 11.3 Å². The Balaban J connectivity index is 1.09. The van der Waals surface area contributed by atoms with Crippen molar-refractivity contribution in [3.63, 3.8) is 0 Å². The predicted octanol–water partition coefficient (Wildman–Crippen LogP) is 3.33. The molecule has 0 bridgehead atoms. The molecule has 2 amide bonds. The van der Waals surface area contributed by atoms with Crippen molar-refractivity contribution in [2.45, 2.75) is 32.6 Å². The maximum Gasteiger partial charge on any atom is 0.226 e. The van der Waals surface area contributed by atoms with Crippen LogP contribution in [0.5, 0.6) is 5.75 Å². The molecular formula is C29H40N4O3. The summed E-state index contributed by atoms with van der Waals surface area (Å²) < 4.78 is 5.66. The normalized spacial score (nSPS) is 18.6. The Hall–Kier alpha value is -3.06. The standard InChI is InChI=1S/C29H40N4O3/c1-24-8-5-10-26(22-24)32-19-17-31(18-20-32)15-7-14-30-29(35)25-9-6-16-33(23-25)28(34)13-21-36-27-11-3-2-4-12-27/h2-5,8,10-12,22,25H,6-7,9,13-21,23H2,1H3,(H,30,35). The van der Waals surface area contributed by atoms with Gasteiger partial charge in [-0.3, -0.25) is 14.5 Å². The quantitative estimate of drug-likeness (QED) is 0.516. The first-order valence-corrected chi connectivity index (χ1v) is 13.4. The number of hydrogen-bond donors (Lipinski definition) is 1. The minimum Gasteiger partial charge on any atom is -0.493 e. The third-order valence-corrected chi connectivity index (χ3v) is 7.16. The highest BCUT2D eigenvalue weighted by Gasteiger charge is 2.28. The Morgan fingerprint density at radius 3 is 2.58 bits per heavy atom. The van der Waals surface area contributed by atoms with Gasteiger partial charge in [0.05, 0.1) is 18.9 Å². The molecular weight excluding hydrogens is 452 g/mol. The molecule has 0 spiro atoms. The van der Waals surface area contributed by atoms with Gasteiger partial charge in [-0.25, -0.2) is 0 Å². The van der Waals surface area contributed by atoms with Crippen LogP contribution in [0.4, 0.5) is 5.69 Å². The third kappa shape index (κ3) is 7.72. The second kappa shape index (κ2) is 13.3. The molecule has 7 heteroatoms. The van der Waals surface area contributed by atoms with E-state index < -0.39 is 0 Å². The number of hydrogen-bond acceptors (Lipinski definition) is 5. The highest BCUT2D eigenvalue weighted by Crippen LogP contribution is 2.19. The molecule has 36 heavy (non-hydrogen) atoms. The highest BCUT2D eigenvalue weighted by atomic mass is 16.5. The molecule has 2 heterocycles. The van der Waals surface area contributed by atoms with Gasteiger partial charge in [0.15, 0.2) is 0 Å². The summed E-state index contributed by atoms with van der Waals surface area (Å²) in [7, 11) is 0. The topological polar surface area (TPSA) is 65.1 Å². The van der Waals surface area contributed by atoms with Gasteiger partial charge in [-0.05, 0) is 62.6 Å². The zero-order valence-corrected chi connectivity index (χ0v) is 21.5. The molecule has 1 N–H and O–H groups in total. The van der Waals surface area contributed by atoms with Crippen LogP contribution in [0, 0.1) is 12.8 Å². The fourth-order valence-corrected chi connectivity index (χ4v) is 5.06. The van der Waals surface area contributed by atoms with Crippen LogP contribution in [0.25, 0.3) is 0 Å². The molecule has 2 aromatic rings. The van der Waals surface area contributed by atoms with E-state index in [1.807, 2.05) is 35.2 Å². The second-order valence-corrected chi connectivity index (χ2v) is 9.90. The van der Waals surface area contributed by atoms with Crippen molar-refractivity contribution in [3.8, 4) is 5.75 Å². The van der Waals surface area contributed by atoms with Crippen LogP contribution < -0.4 is 15.0 Å². The van der Waals surface area contributed by atoms with E-state index in [1.54, 1.807) is 0 Å². The number of para-hydroxylation sites is 1. The van der Waals surface area contributed by atoms with E-state index in [2.05, 4.69) is 46.3 Å². The van der Waals surface area contributed by atoms with Gasteiger partial charge in [0.2, 0.25) is 11.8 Å². The fraction of sp³-hybridized carbons (Fsp3) is 0.517. The number of likely N-dealkylation sites (tertiary alicyclic amines) is 1. The monoisotopic (exact) mass is 492 g/mol. The lowest BCUT2D eigenvalue weighted by molar-refractivity contribution is -0.136. The molecule has 0 saturated carbocycles. The molecule has 1 unspecified atom stereocenters. The summed E-state index contributed by atoms with van der Waals surface area (Å²) in [5, 5.41) is 3.12. The molecule has 0 aliphatic carbocycles. The van der Waals surface area contributed by atoms with Gasteiger partial charge in [0, 0.05) is 51.5 Å². The van der Waals surface area contributed by atoms with Crippen molar-refractivity contribution in [2.24, 2.45) is 5.92 Å². The van der Waals surface area contributed by atoms with Crippen LogP contribution in [0.3, 0.4) is 0 Å². The number of aryl methyl sites for hydroxylation is 1. The van der Waals surface area contributed by atoms with Crippen LogP contribution in [-0.4, -0.2) is 80.6 Å². The molecule has 2 saturated heterocycles. The lowest BCUT2D eigenvalue weighted by Crippen LogP contribution is -2.47. The minimum absolute atomic E-state index is 0.0632. The van der Waals surface area contributed by atoms with Crippen LogP contribution in [0.2, 0.25) is 0 Å². The number of rotatable bonds is 10. The van der Waals surface area contributed by atoms with Gasteiger partial charge in [0.25, 0.3) is 0 Å². The van der Waals surface area contributed by atoms with Gasteiger partial charge >= 0.3 is 0 Å². The van der Waals surface area contributed by atoms with Gasteiger partial charge in [-0.15, -0.1) is 0 Å². The average Bonchev–Trinajstić information content (AvgIpc) is 2.92. The first-order valence-electron chi connectivity index (χ1n) is 13.4. The molecule has 2 aromatic carbocycles. The summed E-state index contributed by atoms with van der Waals surface area (Å²) in [6.45, 7) is 9.60. The first kappa shape index (κ1) is 26.0. The maximum absolute atomic E-state index is 12.7. The second-order valence-electron chi connectivity index (χ2n) is 9.90. The number of benzene rings is 2. The highest BCUT2D eigenvalue weighted by molar-refractivity contribution is 5.81. The first-order chi connectivity index (χ1) is 17.6. The smallest absolute Gasteiger partial charge is 0.226 e. The number of nitrogens with zero attached hydrogens (tertiary/aromatic N) is 3. The van der Waals surface area contributed by atoms with Crippen LogP contribution >= 0.6 is 0 Å². The molecule has 2 aliphatic heterocycles. The number of nitrogens with one attached hydrogen (secondary N) is 1. The number of piperazine rings is 1. The van der Waals surface area contributed by atoms with Gasteiger partial charge in [0.1, 0.15) is 5.75 Å². The predicted molar refractivity (Wildman–Crippen MR) is 143 cm³/mol. The summed E-state index contributed by atoms with van der Waals surface area (Å²) >= 11 is 0. The number of carbonyl (C=O) groups is 2. The maximum atomic E-state index is 12.7. The van der Waals surface area contributed by atoms with E-state index in [4.69, 9.17) is 4.74 Å². The van der Waals surface area contributed by atoms with Crippen molar-refractivity contribution >= 4 is 17.5 Å². The van der Waals surface area contributed by atoms with E-state index in [0.29, 0.717) is 26.1 Å². The Kier molecular flexibility index (Phi) is 9.61. The molecule has 4 rings (SSSR count). The van der Waals surface area contributed by atoms with Gasteiger partial charge in [-0.2, -0.15) is 0 Å². The Labute approximate surface area is 215 Å². The van der Waals surface area contributed by atoms with Crippen molar-refractivity contribution in [1.29, 1.82) is 0 Å². The van der Waals surface area contributed by atoms with E-state index in [9.17, 15) is 9.59 Å². The number of ether oxygens (including phenoxy) is 1. The SMILES string of the molecule is Cc1cccc(N2CCN(CCCNC(=O)C3CCCN(C(=O)CCOc4ccccc4)C3)CC2)c1. The fourth-order valence-electron chi connectivity index (χ4n) is 5.06. The Bertz CT molecular complexity index is 975. The Morgan fingerprint density at radius 2 is 1.81 bits per heavy atom.